The minimum absolute atomic E-state index is 0.566. The summed E-state index contributed by atoms with van der Waals surface area (Å²) in [5, 5.41) is 4.24. The predicted octanol–water partition coefficient (Wildman–Crippen LogP) is 2.12. The van der Waals surface area contributed by atoms with Crippen LogP contribution in [0.15, 0.2) is 17.4 Å². The number of aliphatic imine (C=N–C) groups is 1. The molecule has 0 radical (unpaired) electrons. The van der Waals surface area contributed by atoms with Crippen LogP contribution in [0.3, 0.4) is 0 Å². The molecule has 4 nitrogen and oxygen atoms in total. The molecule has 1 fully saturated rings. The topological polar surface area (TPSA) is 33.4 Å². The zero-order valence-corrected chi connectivity index (χ0v) is 11.0. The molecule has 0 amide bonds. The molecule has 17 heavy (non-hydrogen) atoms. The molecule has 1 aliphatic rings. The zero-order valence-electron chi connectivity index (χ0n) is 11.0. The van der Waals surface area contributed by atoms with Crippen molar-refractivity contribution in [1.29, 1.82) is 0 Å². The van der Waals surface area contributed by atoms with E-state index in [0.717, 1.165) is 0 Å². The molecule has 1 aromatic heterocycles. The molecular weight excluding hydrogens is 212 g/mol. The van der Waals surface area contributed by atoms with Crippen molar-refractivity contribution >= 4 is 11.9 Å². The van der Waals surface area contributed by atoms with E-state index >= 15 is 0 Å². The van der Waals surface area contributed by atoms with Gasteiger partial charge in [0, 0.05) is 45.5 Å². The van der Waals surface area contributed by atoms with Gasteiger partial charge in [0.15, 0.2) is 0 Å². The predicted molar refractivity (Wildman–Crippen MR) is 71.8 cm³/mol. The summed E-state index contributed by atoms with van der Waals surface area (Å²) in [6, 6.07) is 0.566. The summed E-state index contributed by atoms with van der Waals surface area (Å²) in [5.74, 6) is 0.582. The van der Waals surface area contributed by atoms with Crippen molar-refractivity contribution in [1.82, 2.24) is 9.78 Å². The molecule has 94 valence electrons. The molecule has 2 rings (SSSR count). The second-order valence-corrected chi connectivity index (χ2v) is 4.91. The minimum atomic E-state index is 0.566. The molecule has 1 unspecified atom stereocenters. The SMILES string of the molecule is CN=CC1CCCC[C@@H]1N(C)c1cnn(C)c1. The molecule has 0 bridgehead atoms. The van der Waals surface area contributed by atoms with Crippen molar-refractivity contribution in [3.05, 3.63) is 12.4 Å². The van der Waals surface area contributed by atoms with Crippen LogP contribution >= 0.6 is 0 Å². The van der Waals surface area contributed by atoms with Gasteiger partial charge >= 0.3 is 0 Å². The first kappa shape index (κ1) is 12.1. The van der Waals surface area contributed by atoms with Gasteiger partial charge in [-0.1, -0.05) is 12.8 Å². The molecule has 1 heterocycles. The Morgan fingerprint density at radius 2 is 2.24 bits per heavy atom. The smallest absolute Gasteiger partial charge is 0.0752 e. The number of hydrogen-bond donors (Lipinski definition) is 0. The van der Waals surface area contributed by atoms with E-state index in [1.165, 1.54) is 31.4 Å². The summed E-state index contributed by atoms with van der Waals surface area (Å²) in [6.45, 7) is 0. The van der Waals surface area contributed by atoms with Gasteiger partial charge in [-0.05, 0) is 12.8 Å². The van der Waals surface area contributed by atoms with Crippen molar-refractivity contribution in [2.75, 3.05) is 19.0 Å². The summed E-state index contributed by atoms with van der Waals surface area (Å²) in [4.78, 5) is 6.58. The van der Waals surface area contributed by atoms with Crippen molar-refractivity contribution in [3.63, 3.8) is 0 Å². The Balaban J connectivity index is 2.13. The van der Waals surface area contributed by atoms with E-state index in [9.17, 15) is 0 Å². The van der Waals surface area contributed by atoms with Gasteiger partial charge in [0.2, 0.25) is 0 Å². The van der Waals surface area contributed by atoms with Gasteiger partial charge in [0.1, 0.15) is 0 Å². The van der Waals surface area contributed by atoms with E-state index in [0.29, 0.717) is 12.0 Å². The second-order valence-electron chi connectivity index (χ2n) is 4.91. The van der Waals surface area contributed by atoms with E-state index in [-0.39, 0.29) is 0 Å². The third-order valence-corrected chi connectivity index (χ3v) is 3.72. The maximum Gasteiger partial charge on any atom is 0.0752 e. The summed E-state index contributed by atoms with van der Waals surface area (Å²) < 4.78 is 1.86. The number of rotatable bonds is 3. The van der Waals surface area contributed by atoms with Crippen LogP contribution in [0.2, 0.25) is 0 Å². The van der Waals surface area contributed by atoms with Crippen LogP contribution in [0.25, 0.3) is 0 Å². The van der Waals surface area contributed by atoms with Gasteiger partial charge in [-0.25, -0.2) is 0 Å². The zero-order chi connectivity index (χ0) is 12.3. The first-order chi connectivity index (χ1) is 8.22. The number of aryl methyl sites for hydroxylation is 1. The Morgan fingerprint density at radius 1 is 1.47 bits per heavy atom. The molecule has 0 N–H and O–H groups in total. The fraction of sp³-hybridized carbons (Fsp3) is 0.692. The summed E-state index contributed by atoms with van der Waals surface area (Å²) in [6.07, 6.45) is 11.3. The average molecular weight is 234 g/mol. The third-order valence-electron chi connectivity index (χ3n) is 3.72. The van der Waals surface area contributed by atoms with Gasteiger partial charge in [0.05, 0.1) is 11.9 Å². The van der Waals surface area contributed by atoms with Gasteiger partial charge in [-0.3, -0.25) is 4.68 Å². The highest BCUT2D eigenvalue weighted by molar-refractivity contribution is 5.63. The van der Waals surface area contributed by atoms with Crippen LogP contribution in [0.1, 0.15) is 25.7 Å². The highest BCUT2D eigenvalue weighted by atomic mass is 15.3. The lowest BCUT2D eigenvalue weighted by molar-refractivity contribution is 0.373. The van der Waals surface area contributed by atoms with Crippen LogP contribution in [0, 0.1) is 5.92 Å². The Labute approximate surface area is 103 Å². The molecular formula is C13H22N4. The van der Waals surface area contributed by atoms with E-state index in [1.807, 2.05) is 25.0 Å². The highest BCUT2D eigenvalue weighted by Crippen LogP contribution is 2.29. The number of hydrogen-bond acceptors (Lipinski definition) is 3. The quantitative estimate of drug-likeness (QED) is 0.751. The summed E-state index contributed by atoms with van der Waals surface area (Å²) in [5.41, 5.74) is 1.20. The maximum absolute atomic E-state index is 4.24. The highest BCUT2D eigenvalue weighted by Gasteiger charge is 2.27. The normalized spacial score (nSPS) is 25.4. The fourth-order valence-electron chi connectivity index (χ4n) is 2.77. The number of nitrogens with zero attached hydrogens (tertiary/aromatic N) is 4. The molecule has 2 atom stereocenters. The molecule has 4 heteroatoms. The Kier molecular flexibility index (Phi) is 3.82. The number of anilines is 1. The minimum Gasteiger partial charge on any atom is -0.368 e. The molecule has 0 aromatic carbocycles. The van der Waals surface area contributed by atoms with E-state index < -0.39 is 0 Å². The largest absolute Gasteiger partial charge is 0.368 e. The molecule has 0 spiro atoms. The van der Waals surface area contributed by atoms with Crippen LogP contribution < -0.4 is 4.90 Å². The Morgan fingerprint density at radius 3 is 2.88 bits per heavy atom. The van der Waals surface area contributed by atoms with Crippen molar-refractivity contribution < 1.29 is 0 Å². The van der Waals surface area contributed by atoms with E-state index in [4.69, 9.17) is 0 Å². The Hall–Kier alpha value is -1.32. The molecule has 1 aliphatic carbocycles. The number of aromatic nitrogens is 2. The molecule has 0 saturated heterocycles. The lowest BCUT2D eigenvalue weighted by Crippen LogP contribution is -2.40. The molecule has 1 aromatic rings. The fourth-order valence-corrected chi connectivity index (χ4v) is 2.77. The average Bonchev–Trinajstić information content (AvgIpc) is 2.76. The standard InChI is InChI=1S/C13H22N4/c1-14-8-11-6-4-5-7-13(11)17(3)12-9-15-16(2)10-12/h8-11,13H,4-7H2,1-3H3/t11?,13-/m0/s1. The molecule has 0 aliphatic heterocycles. The second kappa shape index (κ2) is 5.34. The van der Waals surface area contributed by atoms with E-state index in [2.05, 4.69) is 34.5 Å². The van der Waals surface area contributed by atoms with Crippen molar-refractivity contribution in [2.45, 2.75) is 31.7 Å². The van der Waals surface area contributed by atoms with Crippen molar-refractivity contribution in [3.8, 4) is 0 Å². The van der Waals surface area contributed by atoms with Crippen molar-refractivity contribution in [2.24, 2.45) is 18.0 Å². The lowest BCUT2D eigenvalue weighted by atomic mass is 9.84. The van der Waals surface area contributed by atoms with E-state index in [1.54, 1.807) is 0 Å². The first-order valence-corrected chi connectivity index (χ1v) is 6.36. The van der Waals surface area contributed by atoms with Crippen LogP contribution in [0.4, 0.5) is 5.69 Å². The van der Waals surface area contributed by atoms with Crippen LogP contribution in [-0.2, 0) is 7.05 Å². The first-order valence-electron chi connectivity index (χ1n) is 6.36. The van der Waals surface area contributed by atoms with Gasteiger partial charge in [-0.2, -0.15) is 5.10 Å². The summed E-state index contributed by atoms with van der Waals surface area (Å²) >= 11 is 0. The Bertz CT molecular complexity index is 383. The van der Waals surface area contributed by atoms with Gasteiger partial charge in [0.25, 0.3) is 0 Å². The third kappa shape index (κ3) is 2.68. The van der Waals surface area contributed by atoms with Gasteiger partial charge < -0.3 is 9.89 Å². The molecule has 1 saturated carbocycles. The van der Waals surface area contributed by atoms with Gasteiger partial charge in [-0.15, -0.1) is 0 Å². The lowest BCUT2D eigenvalue weighted by Gasteiger charge is -2.36. The maximum atomic E-state index is 4.24. The van der Waals surface area contributed by atoms with Crippen LogP contribution in [0.5, 0.6) is 0 Å². The van der Waals surface area contributed by atoms with Crippen LogP contribution in [-0.4, -0.2) is 36.1 Å². The summed E-state index contributed by atoms with van der Waals surface area (Å²) in [7, 11) is 6.00. The monoisotopic (exact) mass is 234 g/mol.